The predicted molar refractivity (Wildman–Crippen MR) is 88.3 cm³/mol. The molecule has 0 spiro atoms. The molecular weight excluding hydrogens is 314 g/mol. The maximum atomic E-state index is 12.6. The van der Waals surface area contributed by atoms with Crippen molar-refractivity contribution in [3.8, 4) is 5.75 Å². The Balaban J connectivity index is 1.73. The van der Waals surface area contributed by atoms with E-state index >= 15 is 0 Å². The first-order chi connectivity index (χ1) is 11.5. The highest BCUT2D eigenvalue weighted by atomic mass is 19.3. The second-order valence-corrected chi connectivity index (χ2v) is 5.69. The van der Waals surface area contributed by atoms with Crippen molar-refractivity contribution in [3.63, 3.8) is 0 Å². The van der Waals surface area contributed by atoms with E-state index in [1.54, 1.807) is 17.0 Å². The van der Waals surface area contributed by atoms with E-state index in [2.05, 4.69) is 4.74 Å². The molecule has 0 radical (unpaired) electrons. The standard InChI is InChI=1S/C18H18F2N2O2/c19-18(20)24-13-8-6-12(7-9-13)11-17(23)22-10-2-3-14-15(21)4-1-5-16(14)22/h1,4-9,18H,2-3,10-11,21H2. The molecule has 2 aromatic rings. The van der Waals surface area contributed by atoms with Gasteiger partial charge >= 0.3 is 6.61 Å². The average Bonchev–Trinajstić information content (AvgIpc) is 2.56. The molecule has 0 saturated heterocycles. The molecule has 4 nitrogen and oxygen atoms in total. The second-order valence-electron chi connectivity index (χ2n) is 5.69. The molecule has 0 saturated carbocycles. The number of carbonyl (C=O) groups excluding carboxylic acids is 1. The fourth-order valence-electron chi connectivity index (χ4n) is 2.97. The van der Waals surface area contributed by atoms with E-state index in [1.165, 1.54) is 12.1 Å². The number of nitrogens with zero attached hydrogens (tertiary/aromatic N) is 1. The summed E-state index contributed by atoms with van der Waals surface area (Å²) in [6.07, 6.45) is 1.93. The van der Waals surface area contributed by atoms with Crippen LogP contribution >= 0.6 is 0 Å². The average molecular weight is 332 g/mol. The Morgan fingerprint density at radius 1 is 1.21 bits per heavy atom. The van der Waals surface area contributed by atoms with E-state index in [0.29, 0.717) is 12.2 Å². The van der Waals surface area contributed by atoms with Crippen LogP contribution in [0.4, 0.5) is 20.2 Å². The SMILES string of the molecule is Nc1cccc2c1CCCN2C(=O)Cc1ccc(OC(F)F)cc1. The number of benzene rings is 2. The van der Waals surface area contributed by atoms with Gasteiger partial charge in [0.25, 0.3) is 0 Å². The van der Waals surface area contributed by atoms with Gasteiger partial charge in [0.2, 0.25) is 5.91 Å². The highest BCUT2D eigenvalue weighted by molar-refractivity contribution is 5.96. The van der Waals surface area contributed by atoms with Crippen LogP contribution in [0.3, 0.4) is 0 Å². The van der Waals surface area contributed by atoms with Gasteiger partial charge < -0.3 is 15.4 Å². The van der Waals surface area contributed by atoms with Crippen molar-refractivity contribution >= 4 is 17.3 Å². The van der Waals surface area contributed by atoms with Crippen LogP contribution in [0.25, 0.3) is 0 Å². The number of ether oxygens (including phenoxy) is 1. The van der Waals surface area contributed by atoms with Gasteiger partial charge in [-0.05, 0) is 48.2 Å². The number of rotatable bonds is 4. The van der Waals surface area contributed by atoms with E-state index in [9.17, 15) is 13.6 Å². The highest BCUT2D eigenvalue weighted by Crippen LogP contribution is 2.31. The van der Waals surface area contributed by atoms with Gasteiger partial charge in [-0.2, -0.15) is 8.78 Å². The number of alkyl halides is 2. The van der Waals surface area contributed by atoms with Crippen molar-refractivity contribution in [2.45, 2.75) is 25.9 Å². The molecule has 126 valence electrons. The van der Waals surface area contributed by atoms with Crippen molar-refractivity contribution in [2.75, 3.05) is 17.2 Å². The summed E-state index contributed by atoms with van der Waals surface area (Å²) in [5, 5.41) is 0. The Morgan fingerprint density at radius 2 is 1.96 bits per heavy atom. The van der Waals surface area contributed by atoms with Crippen molar-refractivity contribution in [1.29, 1.82) is 0 Å². The molecule has 0 bridgehead atoms. The van der Waals surface area contributed by atoms with Crippen LogP contribution in [0.15, 0.2) is 42.5 Å². The zero-order valence-corrected chi connectivity index (χ0v) is 13.0. The largest absolute Gasteiger partial charge is 0.435 e. The topological polar surface area (TPSA) is 55.6 Å². The minimum atomic E-state index is -2.85. The molecule has 1 heterocycles. The summed E-state index contributed by atoms with van der Waals surface area (Å²) < 4.78 is 28.6. The molecular formula is C18H18F2N2O2. The molecule has 0 aliphatic carbocycles. The van der Waals surface area contributed by atoms with Crippen LogP contribution in [0.1, 0.15) is 17.5 Å². The Labute approximate surface area is 138 Å². The molecule has 24 heavy (non-hydrogen) atoms. The summed E-state index contributed by atoms with van der Waals surface area (Å²) in [6.45, 7) is -2.20. The van der Waals surface area contributed by atoms with Gasteiger partial charge in [-0.1, -0.05) is 18.2 Å². The van der Waals surface area contributed by atoms with Gasteiger partial charge in [-0.15, -0.1) is 0 Å². The monoisotopic (exact) mass is 332 g/mol. The lowest BCUT2D eigenvalue weighted by Crippen LogP contribution is -2.36. The molecule has 0 aromatic heterocycles. The minimum absolute atomic E-state index is 0.0379. The van der Waals surface area contributed by atoms with Crippen LogP contribution in [-0.4, -0.2) is 19.1 Å². The number of hydrogen-bond donors (Lipinski definition) is 1. The van der Waals surface area contributed by atoms with Gasteiger partial charge in [-0.3, -0.25) is 4.79 Å². The van der Waals surface area contributed by atoms with E-state index < -0.39 is 6.61 Å². The smallest absolute Gasteiger partial charge is 0.387 e. The maximum absolute atomic E-state index is 12.6. The van der Waals surface area contributed by atoms with Gasteiger partial charge in [0, 0.05) is 17.9 Å². The van der Waals surface area contributed by atoms with E-state index in [1.807, 2.05) is 18.2 Å². The number of carbonyl (C=O) groups is 1. The third kappa shape index (κ3) is 3.48. The molecule has 2 aromatic carbocycles. The molecule has 1 aliphatic rings. The molecule has 0 unspecified atom stereocenters. The van der Waals surface area contributed by atoms with E-state index in [0.717, 1.165) is 29.7 Å². The van der Waals surface area contributed by atoms with Crippen LogP contribution in [0.2, 0.25) is 0 Å². The third-order valence-electron chi connectivity index (χ3n) is 4.09. The van der Waals surface area contributed by atoms with Crippen molar-refractivity contribution in [3.05, 3.63) is 53.6 Å². The number of fused-ring (bicyclic) bond motifs is 1. The zero-order chi connectivity index (χ0) is 17.1. The van der Waals surface area contributed by atoms with Crippen LogP contribution in [-0.2, 0) is 17.6 Å². The Hall–Kier alpha value is -2.63. The molecule has 3 rings (SSSR count). The predicted octanol–water partition coefficient (Wildman–Crippen LogP) is 3.39. The van der Waals surface area contributed by atoms with Gasteiger partial charge in [0.05, 0.1) is 6.42 Å². The fourth-order valence-corrected chi connectivity index (χ4v) is 2.97. The summed E-state index contributed by atoms with van der Waals surface area (Å²) in [6, 6.07) is 11.7. The molecule has 0 atom stereocenters. The van der Waals surface area contributed by atoms with Crippen LogP contribution < -0.4 is 15.4 Å². The lowest BCUT2D eigenvalue weighted by atomic mass is 9.99. The number of nitrogen functional groups attached to an aromatic ring is 1. The normalized spacial score (nSPS) is 13.7. The number of hydrogen-bond acceptors (Lipinski definition) is 3. The zero-order valence-electron chi connectivity index (χ0n) is 13.0. The maximum Gasteiger partial charge on any atom is 0.387 e. The third-order valence-corrected chi connectivity index (χ3v) is 4.09. The number of anilines is 2. The first kappa shape index (κ1) is 16.2. The number of halogens is 2. The number of nitrogens with two attached hydrogens (primary N) is 1. The lowest BCUT2D eigenvalue weighted by Gasteiger charge is -2.30. The summed E-state index contributed by atoms with van der Waals surface area (Å²) in [4.78, 5) is 14.4. The van der Waals surface area contributed by atoms with Crippen LogP contribution in [0, 0.1) is 0 Å². The van der Waals surface area contributed by atoms with Gasteiger partial charge in [-0.25, -0.2) is 0 Å². The van der Waals surface area contributed by atoms with Crippen molar-refractivity contribution in [2.24, 2.45) is 0 Å². The Kier molecular flexibility index (Phi) is 4.64. The minimum Gasteiger partial charge on any atom is -0.435 e. The Morgan fingerprint density at radius 3 is 2.67 bits per heavy atom. The first-order valence-electron chi connectivity index (χ1n) is 7.76. The second kappa shape index (κ2) is 6.86. The summed E-state index contributed by atoms with van der Waals surface area (Å²) in [5.41, 5.74) is 9.33. The molecule has 1 amide bonds. The summed E-state index contributed by atoms with van der Waals surface area (Å²) >= 11 is 0. The van der Waals surface area contributed by atoms with Gasteiger partial charge in [0.15, 0.2) is 0 Å². The van der Waals surface area contributed by atoms with Crippen LogP contribution in [0.5, 0.6) is 5.75 Å². The molecule has 1 aliphatic heterocycles. The molecule has 2 N–H and O–H groups in total. The quantitative estimate of drug-likeness (QED) is 0.873. The lowest BCUT2D eigenvalue weighted by molar-refractivity contribution is -0.118. The van der Waals surface area contributed by atoms with E-state index in [-0.39, 0.29) is 18.1 Å². The fraction of sp³-hybridized carbons (Fsp3) is 0.278. The van der Waals surface area contributed by atoms with Crippen molar-refractivity contribution < 1.29 is 18.3 Å². The number of amides is 1. The first-order valence-corrected chi connectivity index (χ1v) is 7.76. The molecule has 6 heteroatoms. The van der Waals surface area contributed by atoms with Gasteiger partial charge in [0.1, 0.15) is 5.75 Å². The highest BCUT2D eigenvalue weighted by Gasteiger charge is 2.23. The summed E-state index contributed by atoms with van der Waals surface area (Å²) in [7, 11) is 0. The van der Waals surface area contributed by atoms with E-state index in [4.69, 9.17) is 5.73 Å². The Bertz CT molecular complexity index is 732. The molecule has 0 fully saturated rings. The van der Waals surface area contributed by atoms with Crippen molar-refractivity contribution in [1.82, 2.24) is 0 Å². The summed E-state index contributed by atoms with van der Waals surface area (Å²) in [5.74, 6) is 0.0429.